The van der Waals surface area contributed by atoms with Crippen molar-refractivity contribution in [3.05, 3.63) is 29.8 Å². The summed E-state index contributed by atoms with van der Waals surface area (Å²) in [5.41, 5.74) is 8.10. The fraction of sp³-hybridized carbons (Fsp3) is 0.389. The van der Waals surface area contributed by atoms with Crippen LogP contribution in [0.25, 0.3) is 10.4 Å². The number of hydrogen-bond donors (Lipinski definition) is 2. The summed E-state index contributed by atoms with van der Waals surface area (Å²) < 4.78 is 10.1. The third kappa shape index (κ3) is 3.29. The van der Waals surface area contributed by atoms with Crippen LogP contribution in [0.2, 0.25) is 0 Å². The second-order valence-corrected chi connectivity index (χ2v) is 7.03. The Kier molecular flexibility index (Phi) is 5.15. The van der Waals surface area contributed by atoms with E-state index in [1.807, 2.05) is 24.3 Å². The number of carbonyl (C=O) groups is 1. The van der Waals surface area contributed by atoms with Crippen molar-refractivity contribution >= 4 is 28.0 Å². The molecule has 1 fully saturated rings. The molecule has 1 aromatic heterocycles. The van der Waals surface area contributed by atoms with Crippen LogP contribution in [0, 0.1) is 5.92 Å². The lowest BCUT2D eigenvalue weighted by atomic mass is 10.1. The van der Waals surface area contributed by atoms with Gasteiger partial charge in [0, 0.05) is 25.6 Å². The number of aliphatic hydroxyl groups is 1. The molecule has 6 nitrogen and oxygen atoms in total. The molecule has 0 aliphatic carbocycles. The maximum absolute atomic E-state index is 12.3. The molecule has 0 saturated carbocycles. The van der Waals surface area contributed by atoms with E-state index >= 15 is 0 Å². The molecule has 0 bridgehead atoms. The molecule has 2 heterocycles. The van der Waals surface area contributed by atoms with E-state index in [9.17, 15) is 9.90 Å². The number of carbonyl (C=O) groups excluding carboxylic acids is 1. The van der Waals surface area contributed by atoms with E-state index in [1.54, 1.807) is 7.11 Å². The van der Waals surface area contributed by atoms with Crippen LogP contribution in [0.4, 0.5) is 10.7 Å². The van der Waals surface area contributed by atoms with Crippen LogP contribution in [0.1, 0.15) is 16.8 Å². The lowest BCUT2D eigenvalue weighted by Gasteiger charge is -2.17. The molecule has 134 valence electrons. The quantitative estimate of drug-likeness (QED) is 0.796. The van der Waals surface area contributed by atoms with E-state index in [0.717, 1.165) is 34.2 Å². The number of nitrogen functional groups attached to an aromatic ring is 1. The number of ether oxygens (including phenoxy) is 2. The van der Waals surface area contributed by atoms with Gasteiger partial charge in [0.1, 0.15) is 16.3 Å². The molecule has 3 N–H and O–H groups in total. The van der Waals surface area contributed by atoms with Crippen molar-refractivity contribution < 1.29 is 19.4 Å². The molecule has 0 spiro atoms. The minimum Gasteiger partial charge on any atom is -0.497 e. The number of methoxy groups -OCH3 is 2. The van der Waals surface area contributed by atoms with Gasteiger partial charge in [0.15, 0.2) is 0 Å². The maximum atomic E-state index is 12.3. The van der Waals surface area contributed by atoms with E-state index in [2.05, 4.69) is 4.90 Å². The number of rotatable bonds is 5. The first-order chi connectivity index (χ1) is 12.1. The van der Waals surface area contributed by atoms with Crippen LogP contribution < -0.4 is 15.4 Å². The predicted molar refractivity (Wildman–Crippen MR) is 99.5 cm³/mol. The Bertz CT molecular complexity index is 757. The Morgan fingerprint density at radius 2 is 2.08 bits per heavy atom. The summed E-state index contributed by atoms with van der Waals surface area (Å²) in [4.78, 5) is 15.3. The molecule has 0 amide bonds. The Hall–Kier alpha value is -2.25. The highest BCUT2D eigenvalue weighted by Gasteiger charge is 2.31. The van der Waals surface area contributed by atoms with Gasteiger partial charge in [-0.15, -0.1) is 11.3 Å². The Balaban J connectivity index is 2.03. The van der Waals surface area contributed by atoms with Crippen molar-refractivity contribution in [2.75, 3.05) is 44.5 Å². The van der Waals surface area contributed by atoms with Crippen molar-refractivity contribution in [3.63, 3.8) is 0 Å². The molecule has 1 unspecified atom stereocenters. The Morgan fingerprint density at radius 3 is 2.64 bits per heavy atom. The molecule has 2 aromatic rings. The van der Waals surface area contributed by atoms with Gasteiger partial charge in [-0.2, -0.15) is 0 Å². The number of nitrogens with zero attached hydrogens (tertiary/aromatic N) is 1. The number of hydrogen-bond acceptors (Lipinski definition) is 7. The molecular formula is C18H22N2O4S. The van der Waals surface area contributed by atoms with E-state index in [0.29, 0.717) is 17.8 Å². The third-order valence-corrected chi connectivity index (χ3v) is 5.81. The first kappa shape index (κ1) is 17.6. The van der Waals surface area contributed by atoms with E-state index < -0.39 is 5.97 Å². The van der Waals surface area contributed by atoms with Gasteiger partial charge in [0.25, 0.3) is 0 Å². The van der Waals surface area contributed by atoms with Crippen LogP contribution in [0.15, 0.2) is 24.3 Å². The van der Waals surface area contributed by atoms with Gasteiger partial charge in [0.05, 0.1) is 24.8 Å². The molecule has 1 aliphatic heterocycles. The highest BCUT2D eigenvalue weighted by molar-refractivity contribution is 7.20. The van der Waals surface area contributed by atoms with Crippen molar-refractivity contribution in [1.29, 1.82) is 0 Å². The number of aliphatic hydroxyl groups excluding tert-OH is 1. The second kappa shape index (κ2) is 7.33. The summed E-state index contributed by atoms with van der Waals surface area (Å²) >= 11 is 1.48. The van der Waals surface area contributed by atoms with E-state index in [-0.39, 0.29) is 12.5 Å². The van der Waals surface area contributed by atoms with Crippen molar-refractivity contribution in [1.82, 2.24) is 0 Å². The van der Waals surface area contributed by atoms with E-state index in [4.69, 9.17) is 15.2 Å². The average molecular weight is 362 g/mol. The number of anilines is 2. The first-order valence-corrected chi connectivity index (χ1v) is 8.91. The summed E-state index contributed by atoms with van der Waals surface area (Å²) in [7, 11) is 2.98. The van der Waals surface area contributed by atoms with Gasteiger partial charge >= 0.3 is 5.97 Å². The fourth-order valence-electron chi connectivity index (χ4n) is 3.08. The molecule has 1 atom stereocenters. The minimum atomic E-state index is -0.434. The zero-order chi connectivity index (χ0) is 18.0. The Morgan fingerprint density at radius 1 is 1.36 bits per heavy atom. The Labute approximate surface area is 150 Å². The molecule has 1 aromatic carbocycles. The molecule has 7 heteroatoms. The highest BCUT2D eigenvalue weighted by Crippen LogP contribution is 2.46. The lowest BCUT2D eigenvalue weighted by Crippen LogP contribution is -2.22. The van der Waals surface area contributed by atoms with Gasteiger partial charge in [-0.3, -0.25) is 0 Å². The number of esters is 1. The molecule has 25 heavy (non-hydrogen) atoms. The number of nitrogens with two attached hydrogens (primary N) is 1. The average Bonchev–Trinajstić information content (AvgIpc) is 3.25. The maximum Gasteiger partial charge on any atom is 0.343 e. The molecule has 3 rings (SSSR count). The molecule has 0 radical (unpaired) electrons. The molecule has 1 saturated heterocycles. The van der Waals surface area contributed by atoms with Crippen LogP contribution in [0.3, 0.4) is 0 Å². The van der Waals surface area contributed by atoms with Gasteiger partial charge in [-0.1, -0.05) is 0 Å². The SMILES string of the molecule is COC(=O)c1c(N2CCC(CO)C2)sc(-c2ccc(OC)cc2)c1N. The third-order valence-electron chi connectivity index (χ3n) is 4.50. The normalized spacial score (nSPS) is 16.9. The first-order valence-electron chi connectivity index (χ1n) is 8.09. The number of benzene rings is 1. The van der Waals surface area contributed by atoms with Crippen LogP contribution in [-0.4, -0.2) is 45.0 Å². The smallest absolute Gasteiger partial charge is 0.343 e. The predicted octanol–water partition coefficient (Wildman–Crippen LogP) is 2.61. The standard InChI is InChI=1S/C18H22N2O4S/c1-23-13-5-3-12(4-6-13)16-15(19)14(18(22)24-2)17(25-16)20-8-7-11(9-20)10-21/h3-6,11,21H,7-10,19H2,1-2H3. The van der Waals surface area contributed by atoms with Crippen LogP contribution in [0.5, 0.6) is 5.75 Å². The lowest BCUT2D eigenvalue weighted by molar-refractivity contribution is 0.0603. The van der Waals surface area contributed by atoms with Crippen molar-refractivity contribution in [2.24, 2.45) is 5.92 Å². The summed E-state index contributed by atoms with van der Waals surface area (Å²) in [5.74, 6) is 0.548. The van der Waals surface area contributed by atoms with Crippen LogP contribution >= 0.6 is 11.3 Å². The van der Waals surface area contributed by atoms with Crippen molar-refractivity contribution in [3.8, 4) is 16.2 Å². The highest BCUT2D eigenvalue weighted by atomic mass is 32.1. The largest absolute Gasteiger partial charge is 0.497 e. The zero-order valence-corrected chi connectivity index (χ0v) is 15.1. The van der Waals surface area contributed by atoms with Gasteiger partial charge in [0.2, 0.25) is 0 Å². The topological polar surface area (TPSA) is 85.0 Å². The van der Waals surface area contributed by atoms with Gasteiger partial charge in [-0.25, -0.2) is 4.79 Å². The van der Waals surface area contributed by atoms with Gasteiger partial charge in [-0.05, 0) is 36.2 Å². The van der Waals surface area contributed by atoms with Crippen molar-refractivity contribution in [2.45, 2.75) is 6.42 Å². The summed E-state index contributed by atoms with van der Waals surface area (Å²) in [5, 5.41) is 10.2. The molecular weight excluding hydrogens is 340 g/mol. The summed E-state index contributed by atoms with van der Waals surface area (Å²) in [6.45, 7) is 1.65. The second-order valence-electron chi connectivity index (χ2n) is 6.03. The van der Waals surface area contributed by atoms with Crippen LogP contribution in [-0.2, 0) is 4.74 Å². The van der Waals surface area contributed by atoms with E-state index in [1.165, 1.54) is 18.4 Å². The number of thiophene rings is 1. The molecule has 1 aliphatic rings. The van der Waals surface area contributed by atoms with Gasteiger partial charge < -0.3 is 25.2 Å². The minimum absolute atomic E-state index is 0.149. The summed E-state index contributed by atoms with van der Waals surface area (Å²) in [6, 6.07) is 7.58. The zero-order valence-electron chi connectivity index (χ0n) is 14.3. The fourth-order valence-corrected chi connectivity index (χ4v) is 4.33. The summed E-state index contributed by atoms with van der Waals surface area (Å²) in [6.07, 6.45) is 0.896. The monoisotopic (exact) mass is 362 g/mol.